The summed E-state index contributed by atoms with van der Waals surface area (Å²) >= 11 is 5.98. The van der Waals surface area contributed by atoms with Gasteiger partial charge < -0.3 is 9.72 Å². The molecule has 0 saturated heterocycles. The van der Waals surface area contributed by atoms with E-state index in [1.807, 2.05) is 28.9 Å². The molecule has 1 unspecified atom stereocenters. The van der Waals surface area contributed by atoms with Crippen molar-refractivity contribution < 1.29 is 0 Å². The van der Waals surface area contributed by atoms with Gasteiger partial charge in [-0.05, 0) is 31.0 Å². The van der Waals surface area contributed by atoms with Gasteiger partial charge in [-0.25, -0.2) is 4.98 Å². The summed E-state index contributed by atoms with van der Waals surface area (Å²) < 4.78 is 1.98. The first kappa shape index (κ1) is 15.3. The quantitative estimate of drug-likeness (QED) is 0.786. The Balaban J connectivity index is 1.86. The van der Waals surface area contributed by atoms with E-state index >= 15 is 0 Å². The number of unbranched alkanes of at least 4 members (excludes halogenated alkanes) is 1. The van der Waals surface area contributed by atoms with E-state index in [4.69, 9.17) is 11.6 Å². The van der Waals surface area contributed by atoms with Gasteiger partial charge in [0.15, 0.2) is 0 Å². The molecule has 0 amide bonds. The van der Waals surface area contributed by atoms with Crippen LogP contribution in [-0.4, -0.2) is 15.9 Å². The van der Waals surface area contributed by atoms with Crippen LogP contribution in [0, 0.1) is 5.92 Å². The van der Waals surface area contributed by atoms with Crippen molar-refractivity contribution in [3.8, 4) is 0 Å². The molecular weight excluding hydrogens is 270 g/mol. The second-order valence-electron chi connectivity index (χ2n) is 5.39. The van der Waals surface area contributed by atoms with E-state index < -0.39 is 0 Å². The van der Waals surface area contributed by atoms with Crippen molar-refractivity contribution in [2.45, 2.75) is 46.1 Å². The smallest absolute Gasteiger partial charge is 0.137 e. The molecule has 0 aliphatic carbocycles. The first-order valence-corrected chi connectivity index (χ1v) is 7.94. The summed E-state index contributed by atoms with van der Waals surface area (Å²) in [6.07, 6.45) is 9.11. The lowest BCUT2D eigenvalue weighted by atomic mass is 9.99. The standard InChI is InChI=1S/C16H24ClN3/c1-3-5-6-13(4-2)9-18-10-15-12-20-11-14(17)7-8-16(20)19-15/h7-8,11-13,18H,3-6,9-10H2,1-2H3. The minimum atomic E-state index is 0.736. The van der Waals surface area contributed by atoms with Crippen LogP contribution in [0.2, 0.25) is 5.02 Å². The van der Waals surface area contributed by atoms with Crippen LogP contribution in [0.3, 0.4) is 0 Å². The second kappa shape index (κ2) is 7.65. The van der Waals surface area contributed by atoms with Crippen LogP contribution in [0.1, 0.15) is 45.2 Å². The van der Waals surface area contributed by atoms with Gasteiger partial charge >= 0.3 is 0 Å². The maximum Gasteiger partial charge on any atom is 0.137 e. The van der Waals surface area contributed by atoms with Crippen molar-refractivity contribution in [1.29, 1.82) is 0 Å². The molecule has 0 aliphatic rings. The molecule has 0 radical (unpaired) electrons. The minimum Gasteiger partial charge on any atom is -0.311 e. The zero-order valence-corrected chi connectivity index (χ0v) is 13.2. The monoisotopic (exact) mass is 293 g/mol. The summed E-state index contributed by atoms with van der Waals surface area (Å²) in [7, 11) is 0. The summed E-state index contributed by atoms with van der Waals surface area (Å²) in [6.45, 7) is 6.42. The van der Waals surface area contributed by atoms with Crippen LogP contribution in [0.15, 0.2) is 24.5 Å². The number of nitrogens with one attached hydrogen (secondary N) is 1. The van der Waals surface area contributed by atoms with Crippen LogP contribution < -0.4 is 5.32 Å². The third-order valence-electron chi connectivity index (χ3n) is 3.75. The van der Waals surface area contributed by atoms with E-state index in [-0.39, 0.29) is 0 Å². The van der Waals surface area contributed by atoms with Gasteiger partial charge in [-0.2, -0.15) is 0 Å². The zero-order valence-electron chi connectivity index (χ0n) is 12.4. The van der Waals surface area contributed by atoms with Gasteiger partial charge in [0, 0.05) is 18.9 Å². The fraction of sp³-hybridized carbons (Fsp3) is 0.562. The number of nitrogens with zero attached hydrogens (tertiary/aromatic N) is 2. The van der Waals surface area contributed by atoms with Crippen molar-refractivity contribution in [3.05, 3.63) is 35.2 Å². The third-order valence-corrected chi connectivity index (χ3v) is 3.97. The highest BCUT2D eigenvalue weighted by Crippen LogP contribution is 2.13. The Kier molecular flexibility index (Phi) is 5.86. The molecule has 1 atom stereocenters. The highest BCUT2D eigenvalue weighted by molar-refractivity contribution is 6.30. The molecule has 0 fully saturated rings. The molecule has 2 aromatic heterocycles. The van der Waals surface area contributed by atoms with Crippen LogP contribution in [0.25, 0.3) is 5.65 Å². The molecule has 0 spiro atoms. The molecule has 2 rings (SSSR count). The predicted octanol–water partition coefficient (Wildman–Crippen LogP) is 4.29. The van der Waals surface area contributed by atoms with Gasteiger partial charge in [-0.3, -0.25) is 0 Å². The summed E-state index contributed by atoms with van der Waals surface area (Å²) in [4.78, 5) is 4.58. The normalized spacial score (nSPS) is 12.9. The van der Waals surface area contributed by atoms with E-state index in [0.29, 0.717) is 0 Å². The molecule has 0 bridgehead atoms. The van der Waals surface area contributed by atoms with Crippen LogP contribution >= 0.6 is 11.6 Å². The Morgan fingerprint density at radius 1 is 1.30 bits per heavy atom. The number of aromatic nitrogens is 2. The average Bonchev–Trinajstić information content (AvgIpc) is 2.84. The van der Waals surface area contributed by atoms with Gasteiger partial charge in [0.1, 0.15) is 5.65 Å². The molecule has 0 aliphatic heterocycles. The van der Waals surface area contributed by atoms with Crippen molar-refractivity contribution in [2.75, 3.05) is 6.54 Å². The Bertz CT molecular complexity index is 536. The molecule has 0 saturated carbocycles. The molecular formula is C16H24ClN3. The maximum absolute atomic E-state index is 5.98. The summed E-state index contributed by atoms with van der Waals surface area (Å²) in [5.74, 6) is 0.779. The maximum atomic E-state index is 5.98. The number of hydrogen-bond donors (Lipinski definition) is 1. The largest absolute Gasteiger partial charge is 0.311 e. The Morgan fingerprint density at radius 2 is 2.15 bits per heavy atom. The molecule has 2 aromatic rings. The van der Waals surface area contributed by atoms with Gasteiger partial charge in [0.2, 0.25) is 0 Å². The lowest BCUT2D eigenvalue weighted by Gasteiger charge is -2.14. The highest BCUT2D eigenvalue weighted by atomic mass is 35.5. The summed E-state index contributed by atoms with van der Waals surface area (Å²) in [5, 5.41) is 4.26. The fourth-order valence-electron chi connectivity index (χ4n) is 2.45. The summed E-state index contributed by atoms with van der Waals surface area (Å²) in [6, 6.07) is 3.82. The molecule has 0 aromatic carbocycles. The van der Waals surface area contributed by atoms with Crippen molar-refractivity contribution in [3.63, 3.8) is 0 Å². The average molecular weight is 294 g/mol. The van der Waals surface area contributed by atoms with Gasteiger partial charge in [0.05, 0.1) is 10.7 Å². The van der Waals surface area contributed by atoms with E-state index in [0.717, 1.165) is 35.4 Å². The number of halogens is 1. The summed E-state index contributed by atoms with van der Waals surface area (Å²) in [5.41, 5.74) is 2.02. The first-order valence-electron chi connectivity index (χ1n) is 7.56. The van der Waals surface area contributed by atoms with Gasteiger partial charge in [-0.1, -0.05) is 44.7 Å². The van der Waals surface area contributed by atoms with Gasteiger partial charge in [0.25, 0.3) is 0 Å². The fourth-order valence-corrected chi connectivity index (χ4v) is 2.62. The van der Waals surface area contributed by atoms with Crippen molar-refractivity contribution >= 4 is 17.2 Å². The lowest BCUT2D eigenvalue weighted by molar-refractivity contribution is 0.418. The zero-order chi connectivity index (χ0) is 14.4. The number of rotatable bonds is 8. The van der Waals surface area contributed by atoms with E-state index in [1.165, 1.54) is 25.7 Å². The van der Waals surface area contributed by atoms with E-state index in [2.05, 4.69) is 24.1 Å². The first-order chi connectivity index (χ1) is 9.72. The molecule has 2 heterocycles. The third kappa shape index (κ3) is 4.22. The predicted molar refractivity (Wildman–Crippen MR) is 85.2 cm³/mol. The van der Waals surface area contributed by atoms with Crippen LogP contribution in [0.5, 0.6) is 0 Å². The lowest BCUT2D eigenvalue weighted by Crippen LogP contribution is -2.22. The van der Waals surface area contributed by atoms with Crippen molar-refractivity contribution in [1.82, 2.24) is 14.7 Å². The Morgan fingerprint density at radius 3 is 2.90 bits per heavy atom. The van der Waals surface area contributed by atoms with Crippen LogP contribution in [0.4, 0.5) is 0 Å². The molecule has 3 nitrogen and oxygen atoms in total. The second-order valence-corrected chi connectivity index (χ2v) is 5.83. The van der Waals surface area contributed by atoms with E-state index in [9.17, 15) is 0 Å². The number of fused-ring (bicyclic) bond motifs is 1. The Hall–Kier alpha value is -1.06. The molecule has 110 valence electrons. The van der Waals surface area contributed by atoms with Crippen molar-refractivity contribution in [2.24, 2.45) is 5.92 Å². The Labute approximate surface area is 126 Å². The molecule has 1 N–H and O–H groups in total. The van der Waals surface area contributed by atoms with Gasteiger partial charge in [-0.15, -0.1) is 0 Å². The minimum absolute atomic E-state index is 0.736. The number of imidazole rings is 1. The molecule has 20 heavy (non-hydrogen) atoms. The topological polar surface area (TPSA) is 29.3 Å². The highest BCUT2D eigenvalue weighted by Gasteiger charge is 2.06. The van der Waals surface area contributed by atoms with Crippen LogP contribution in [-0.2, 0) is 6.54 Å². The SMILES string of the molecule is CCCCC(CC)CNCc1cn2cc(Cl)ccc2n1. The van der Waals surface area contributed by atoms with E-state index in [1.54, 1.807) is 0 Å². The number of pyridine rings is 1. The number of hydrogen-bond acceptors (Lipinski definition) is 2. The molecule has 4 heteroatoms.